The van der Waals surface area contributed by atoms with Crippen molar-refractivity contribution in [2.24, 2.45) is 0 Å². The first-order valence-corrected chi connectivity index (χ1v) is 5.64. The highest BCUT2D eigenvalue weighted by Crippen LogP contribution is 2.12. The summed E-state index contributed by atoms with van der Waals surface area (Å²) in [6, 6.07) is 7.68. The fourth-order valence-corrected chi connectivity index (χ4v) is 1.49. The Bertz CT molecular complexity index is 408. The second-order valence-electron chi connectivity index (χ2n) is 3.49. The smallest absolute Gasteiger partial charge is 0.330 e. The van der Waals surface area contributed by atoms with E-state index in [-0.39, 0.29) is 5.97 Å². The molecule has 3 heteroatoms. The van der Waals surface area contributed by atoms with E-state index < -0.39 is 0 Å². The molecule has 3 nitrogen and oxygen atoms in total. The summed E-state index contributed by atoms with van der Waals surface area (Å²) in [5.74, 6) is -0.349. The molecule has 0 aliphatic carbocycles. The van der Waals surface area contributed by atoms with Gasteiger partial charge in [0.2, 0.25) is 0 Å². The first-order chi connectivity index (χ1) is 8.27. The highest BCUT2D eigenvalue weighted by Gasteiger charge is 1.99. The van der Waals surface area contributed by atoms with Crippen molar-refractivity contribution >= 4 is 18.3 Å². The zero-order chi connectivity index (χ0) is 12.5. The summed E-state index contributed by atoms with van der Waals surface area (Å²) < 4.78 is 4.80. The van der Waals surface area contributed by atoms with Crippen LogP contribution in [0.4, 0.5) is 0 Å². The molecule has 0 bridgehead atoms. The summed E-state index contributed by atoms with van der Waals surface area (Å²) in [4.78, 5) is 21.5. The maximum absolute atomic E-state index is 11.2. The topological polar surface area (TPSA) is 43.4 Å². The molecule has 0 atom stereocenters. The molecule has 0 aromatic heterocycles. The van der Waals surface area contributed by atoms with Crippen LogP contribution in [-0.2, 0) is 20.7 Å². The summed E-state index contributed by atoms with van der Waals surface area (Å²) in [6.45, 7) is 2.14. The average molecular weight is 232 g/mol. The lowest BCUT2D eigenvalue weighted by molar-refractivity contribution is -0.137. The molecule has 1 aromatic rings. The van der Waals surface area contributed by atoms with Gasteiger partial charge in [0.15, 0.2) is 0 Å². The van der Waals surface area contributed by atoms with Gasteiger partial charge in [-0.05, 0) is 30.5 Å². The molecule has 0 radical (unpaired) electrons. The Kier molecular flexibility index (Phi) is 5.72. The van der Waals surface area contributed by atoms with Crippen LogP contribution < -0.4 is 0 Å². The zero-order valence-electron chi connectivity index (χ0n) is 9.89. The van der Waals surface area contributed by atoms with Gasteiger partial charge in [-0.1, -0.05) is 24.3 Å². The molecule has 17 heavy (non-hydrogen) atoms. The van der Waals surface area contributed by atoms with Crippen molar-refractivity contribution in [1.29, 1.82) is 0 Å². The van der Waals surface area contributed by atoms with Gasteiger partial charge >= 0.3 is 5.97 Å². The Hall–Kier alpha value is -1.90. The number of ether oxygens (including phenoxy) is 1. The van der Waals surface area contributed by atoms with E-state index in [0.717, 1.165) is 17.4 Å². The molecule has 0 saturated carbocycles. The van der Waals surface area contributed by atoms with Crippen molar-refractivity contribution < 1.29 is 14.3 Å². The predicted molar refractivity (Wildman–Crippen MR) is 66.5 cm³/mol. The molecule has 0 unspecified atom stereocenters. The number of aryl methyl sites for hydroxylation is 1. The monoisotopic (exact) mass is 232 g/mol. The van der Waals surface area contributed by atoms with E-state index in [1.54, 1.807) is 13.0 Å². The molecule has 0 amide bonds. The molecule has 0 aliphatic rings. The second-order valence-corrected chi connectivity index (χ2v) is 3.49. The molecule has 0 spiro atoms. The van der Waals surface area contributed by atoms with E-state index >= 15 is 0 Å². The van der Waals surface area contributed by atoms with Gasteiger partial charge in [0.25, 0.3) is 0 Å². The summed E-state index contributed by atoms with van der Waals surface area (Å²) >= 11 is 0. The predicted octanol–water partition coefficient (Wildman–Crippen LogP) is 2.39. The largest absolute Gasteiger partial charge is 0.463 e. The Morgan fingerprint density at radius 1 is 1.35 bits per heavy atom. The summed E-state index contributed by atoms with van der Waals surface area (Å²) in [5, 5.41) is 0. The van der Waals surface area contributed by atoms with Crippen LogP contribution >= 0.6 is 0 Å². The quantitative estimate of drug-likeness (QED) is 0.429. The van der Waals surface area contributed by atoms with Crippen molar-refractivity contribution in [3.8, 4) is 0 Å². The minimum atomic E-state index is -0.349. The number of carbonyl (C=O) groups excluding carboxylic acids is 2. The van der Waals surface area contributed by atoms with E-state index in [4.69, 9.17) is 4.74 Å². The lowest BCUT2D eigenvalue weighted by atomic mass is 10.0. The van der Waals surface area contributed by atoms with Crippen molar-refractivity contribution in [2.45, 2.75) is 19.8 Å². The Balaban J connectivity index is 2.75. The molecule has 90 valence electrons. The molecule has 0 N–H and O–H groups in total. The van der Waals surface area contributed by atoms with Crippen LogP contribution in [0.25, 0.3) is 6.08 Å². The molecule has 1 rings (SSSR count). The van der Waals surface area contributed by atoms with Gasteiger partial charge in [-0.2, -0.15) is 0 Å². The first-order valence-electron chi connectivity index (χ1n) is 5.64. The summed E-state index contributed by atoms with van der Waals surface area (Å²) in [6.07, 6.45) is 5.20. The van der Waals surface area contributed by atoms with Crippen LogP contribution in [0.5, 0.6) is 0 Å². The third kappa shape index (κ3) is 4.64. The van der Waals surface area contributed by atoms with Gasteiger partial charge in [-0.15, -0.1) is 0 Å². The number of esters is 1. The minimum Gasteiger partial charge on any atom is -0.463 e. The molecular formula is C14H16O3. The van der Waals surface area contributed by atoms with Gasteiger partial charge in [-0.3, -0.25) is 0 Å². The highest BCUT2D eigenvalue weighted by molar-refractivity contribution is 5.87. The van der Waals surface area contributed by atoms with E-state index in [0.29, 0.717) is 19.4 Å². The normalized spacial score (nSPS) is 10.4. The van der Waals surface area contributed by atoms with Crippen molar-refractivity contribution in [1.82, 2.24) is 0 Å². The minimum absolute atomic E-state index is 0.349. The lowest BCUT2D eigenvalue weighted by Gasteiger charge is -2.03. The number of carbonyl (C=O) groups is 2. The van der Waals surface area contributed by atoms with Crippen molar-refractivity contribution in [2.75, 3.05) is 6.61 Å². The van der Waals surface area contributed by atoms with Crippen LogP contribution in [-0.4, -0.2) is 18.9 Å². The first kappa shape index (κ1) is 13.2. The van der Waals surface area contributed by atoms with Crippen LogP contribution in [0, 0.1) is 0 Å². The Morgan fingerprint density at radius 2 is 2.12 bits per heavy atom. The SMILES string of the molecule is CCOC(=O)C=Cc1ccccc1CCC=O. The Labute approximate surface area is 101 Å². The number of aldehydes is 1. The van der Waals surface area contributed by atoms with Crippen LogP contribution in [0.15, 0.2) is 30.3 Å². The average Bonchev–Trinajstić information content (AvgIpc) is 2.35. The number of hydrogen-bond donors (Lipinski definition) is 0. The summed E-state index contributed by atoms with van der Waals surface area (Å²) in [5.41, 5.74) is 2.00. The van der Waals surface area contributed by atoms with Crippen LogP contribution in [0.2, 0.25) is 0 Å². The van der Waals surface area contributed by atoms with Gasteiger partial charge in [0.05, 0.1) is 6.61 Å². The second kappa shape index (κ2) is 7.39. The molecular weight excluding hydrogens is 216 g/mol. The molecule has 0 heterocycles. The highest BCUT2D eigenvalue weighted by atomic mass is 16.5. The maximum Gasteiger partial charge on any atom is 0.330 e. The van der Waals surface area contributed by atoms with E-state index in [2.05, 4.69) is 0 Å². The van der Waals surface area contributed by atoms with Crippen molar-refractivity contribution in [3.63, 3.8) is 0 Å². The number of benzene rings is 1. The van der Waals surface area contributed by atoms with E-state index in [1.165, 1.54) is 6.08 Å². The van der Waals surface area contributed by atoms with Gasteiger partial charge < -0.3 is 9.53 Å². The molecule has 0 fully saturated rings. The van der Waals surface area contributed by atoms with Gasteiger partial charge in [-0.25, -0.2) is 4.79 Å². The van der Waals surface area contributed by atoms with Crippen LogP contribution in [0.1, 0.15) is 24.5 Å². The lowest BCUT2D eigenvalue weighted by Crippen LogP contribution is -1.99. The standard InChI is InChI=1S/C14H16O3/c1-2-17-14(16)10-9-13-7-4-3-6-12(13)8-5-11-15/h3-4,6-7,9-11H,2,5,8H2,1H3. The zero-order valence-corrected chi connectivity index (χ0v) is 9.89. The third-order valence-electron chi connectivity index (χ3n) is 2.27. The molecule has 0 aliphatic heterocycles. The summed E-state index contributed by atoms with van der Waals surface area (Å²) in [7, 11) is 0. The van der Waals surface area contributed by atoms with E-state index in [1.807, 2.05) is 24.3 Å². The third-order valence-corrected chi connectivity index (χ3v) is 2.27. The molecule has 1 aromatic carbocycles. The fourth-order valence-electron chi connectivity index (χ4n) is 1.49. The Morgan fingerprint density at radius 3 is 2.82 bits per heavy atom. The molecule has 0 saturated heterocycles. The number of hydrogen-bond acceptors (Lipinski definition) is 3. The van der Waals surface area contributed by atoms with E-state index in [9.17, 15) is 9.59 Å². The fraction of sp³-hybridized carbons (Fsp3) is 0.286. The van der Waals surface area contributed by atoms with Crippen molar-refractivity contribution in [3.05, 3.63) is 41.5 Å². The van der Waals surface area contributed by atoms with Gasteiger partial charge in [0.1, 0.15) is 6.29 Å². The van der Waals surface area contributed by atoms with Crippen LogP contribution in [0.3, 0.4) is 0 Å². The maximum atomic E-state index is 11.2. The van der Waals surface area contributed by atoms with Gasteiger partial charge in [0, 0.05) is 12.5 Å². The number of rotatable bonds is 6.